The molecule has 5 rings (SSSR count). The minimum Gasteiger partial charge on any atom is -0.483 e. The van der Waals surface area contributed by atoms with E-state index in [0.29, 0.717) is 11.6 Å². The molecule has 6 nitrogen and oxygen atoms in total. The molecule has 0 saturated heterocycles. The fourth-order valence-corrected chi connectivity index (χ4v) is 4.65. The van der Waals surface area contributed by atoms with Gasteiger partial charge in [0.1, 0.15) is 12.4 Å². The Balaban J connectivity index is 1.39. The summed E-state index contributed by atoms with van der Waals surface area (Å²) in [5.74, 6) is 2.05. The average molecular weight is 437 g/mol. The lowest BCUT2D eigenvalue weighted by Gasteiger charge is -2.12. The van der Waals surface area contributed by atoms with Crippen molar-refractivity contribution in [3.63, 3.8) is 0 Å². The van der Waals surface area contributed by atoms with Gasteiger partial charge in [0.2, 0.25) is 0 Å². The molecule has 2 heterocycles. The third-order valence-corrected chi connectivity index (χ3v) is 6.22. The monoisotopic (exact) mass is 436 g/mol. The summed E-state index contributed by atoms with van der Waals surface area (Å²) in [6, 6.07) is 16.2. The van der Waals surface area contributed by atoms with E-state index in [1.54, 1.807) is 30.0 Å². The van der Waals surface area contributed by atoms with Gasteiger partial charge in [0.05, 0.1) is 5.69 Å². The second kappa shape index (κ2) is 8.93. The highest BCUT2D eigenvalue weighted by molar-refractivity contribution is 7.98. The molecule has 2 aromatic heterocycles. The molecule has 1 aliphatic rings. The zero-order chi connectivity index (χ0) is 21.0. The third-order valence-electron chi connectivity index (χ3n) is 5.28. The molecule has 0 amide bonds. The van der Waals surface area contributed by atoms with E-state index in [-0.39, 0.29) is 12.4 Å². The minimum absolute atomic E-state index is 0.0999. The number of aromatic nitrogens is 4. The summed E-state index contributed by atoms with van der Waals surface area (Å²) in [5, 5.41) is 13.7. The van der Waals surface area contributed by atoms with E-state index in [0.717, 1.165) is 41.6 Å². The summed E-state index contributed by atoms with van der Waals surface area (Å²) in [4.78, 5) is 0. The number of halogens is 1. The molecule has 0 spiro atoms. The van der Waals surface area contributed by atoms with Gasteiger partial charge in [0.25, 0.3) is 0 Å². The zero-order valence-corrected chi connectivity index (χ0v) is 17.6. The van der Waals surface area contributed by atoms with E-state index in [9.17, 15) is 4.39 Å². The first-order valence-corrected chi connectivity index (χ1v) is 11.2. The van der Waals surface area contributed by atoms with Gasteiger partial charge in [-0.2, -0.15) is 0 Å². The fourth-order valence-electron chi connectivity index (χ4n) is 3.72. The van der Waals surface area contributed by atoms with Crippen LogP contribution in [0.1, 0.15) is 35.7 Å². The number of thioether (sulfide) groups is 1. The van der Waals surface area contributed by atoms with Crippen LogP contribution >= 0.6 is 11.8 Å². The van der Waals surface area contributed by atoms with Crippen molar-refractivity contribution in [3.8, 4) is 11.4 Å². The second-order valence-electron chi connectivity index (χ2n) is 7.32. The normalized spacial score (nSPS) is 13.2. The van der Waals surface area contributed by atoms with Gasteiger partial charge in [0, 0.05) is 23.4 Å². The molecule has 2 aromatic carbocycles. The quantitative estimate of drug-likeness (QED) is 0.374. The standard InChI is InChI=1S/C23H21FN4O2S/c24-18-11-5-7-13-21(18)29-14-22-25-26-23(28(22)16-8-2-1-3-9-16)31-15-19-17-10-4-6-12-20(17)30-27-19/h1-3,5,7-9,11,13H,4,6,10,12,14-15H2. The number of rotatable bonds is 7. The zero-order valence-electron chi connectivity index (χ0n) is 16.8. The van der Waals surface area contributed by atoms with Crippen molar-refractivity contribution in [1.29, 1.82) is 0 Å². The Bertz CT molecular complexity index is 1180. The molecule has 0 aliphatic heterocycles. The molecular formula is C23H21FN4O2S. The highest BCUT2D eigenvalue weighted by atomic mass is 32.2. The van der Waals surface area contributed by atoms with Crippen molar-refractivity contribution in [3.05, 3.63) is 83.3 Å². The molecule has 4 aromatic rings. The summed E-state index contributed by atoms with van der Waals surface area (Å²) < 4.78 is 27.1. The van der Waals surface area contributed by atoms with Crippen LogP contribution in [0.4, 0.5) is 4.39 Å². The van der Waals surface area contributed by atoms with Gasteiger partial charge in [-0.25, -0.2) is 4.39 Å². The van der Waals surface area contributed by atoms with Crippen LogP contribution in [-0.2, 0) is 25.2 Å². The molecule has 0 bridgehead atoms. The van der Waals surface area contributed by atoms with Gasteiger partial charge >= 0.3 is 0 Å². The largest absolute Gasteiger partial charge is 0.483 e. The molecule has 31 heavy (non-hydrogen) atoms. The molecule has 8 heteroatoms. The lowest BCUT2D eigenvalue weighted by Crippen LogP contribution is -2.07. The number of para-hydroxylation sites is 2. The van der Waals surface area contributed by atoms with E-state index >= 15 is 0 Å². The highest BCUT2D eigenvalue weighted by Crippen LogP contribution is 2.30. The molecule has 1 aliphatic carbocycles. The van der Waals surface area contributed by atoms with Crippen LogP contribution in [-0.4, -0.2) is 19.9 Å². The van der Waals surface area contributed by atoms with Crippen LogP contribution in [0, 0.1) is 5.82 Å². The molecule has 0 unspecified atom stereocenters. The van der Waals surface area contributed by atoms with Crippen molar-refractivity contribution in [2.75, 3.05) is 0 Å². The van der Waals surface area contributed by atoms with Crippen molar-refractivity contribution in [2.24, 2.45) is 0 Å². The van der Waals surface area contributed by atoms with Gasteiger partial charge in [-0.1, -0.05) is 47.3 Å². The number of ether oxygens (including phenoxy) is 1. The van der Waals surface area contributed by atoms with E-state index in [1.807, 2.05) is 34.9 Å². The Morgan fingerprint density at radius 3 is 2.68 bits per heavy atom. The summed E-state index contributed by atoms with van der Waals surface area (Å²) in [7, 11) is 0. The number of benzene rings is 2. The maximum absolute atomic E-state index is 13.9. The first-order valence-electron chi connectivity index (χ1n) is 10.3. The first kappa shape index (κ1) is 19.8. The number of nitrogens with zero attached hydrogens (tertiary/aromatic N) is 4. The van der Waals surface area contributed by atoms with E-state index < -0.39 is 5.82 Å². The molecule has 0 N–H and O–H groups in total. The average Bonchev–Trinajstić information content (AvgIpc) is 3.41. The number of hydrogen-bond donors (Lipinski definition) is 0. The van der Waals surface area contributed by atoms with Gasteiger partial charge in [-0.05, 0) is 43.5 Å². The molecule has 0 atom stereocenters. The Morgan fingerprint density at radius 2 is 1.81 bits per heavy atom. The highest BCUT2D eigenvalue weighted by Gasteiger charge is 2.21. The summed E-state index contributed by atoms with van der Waals surface area (Å²) in [6.45, 7) is 0.0999. The van der Waals surface area contributed by atoms with Crippen LogP contribution in [0.25, 0.3) is 5.69 Å². The SMILES string of the molecule is Fc1ccccc1OCc1nnc(SCc2noc3c2CCCC3)n1-c1ccccc1. The maximum Gasteiger partial charge on any atom is 0.196 e. The van der Waals surface area contributed by atoms with Crippen LogP contribution in [0.3, 0.4) is 0 Å². The minimum atomic E-state index is -0.404. The molecule has 158 valence electrons. The first-order chi connectivity index (χ1) is 15.3. The fraction of sp³-hybridized carbons (Fsp3) is 0.261. The third kappa shape index (κ3) is 4.20. The van der Waals surface area contributed by atoms with Crippen LogP contribution in [0.15, 0.2) is 64.3 Å². The Morgan fingerprint density at radius 1 is 1.00 bits per heavy atom. The van der Waals surface area contributed by atoms with Crippen LogP contribution in [0.5, 0.6) is 5.75 Å². The Hall–Kier alpha value is -3.13. The molecule has 0 saturated carbocycles. The molecular weight excluding hydrogens is 415 g/mol. The second-order valence-corrected chi connectivity index (χ2v) is 8.26. The lowest BCUT2D eigenvalue weighted by molar-refractivity contribution is 0.278. The summed E-state index contributed by atoms with van der Waals surface area (Å²) in [6.07, 6.45) is 4.30. The maximum atomic E-state index is 13.9. The van der Waals surface area contributed by atoms with Crippen molar-refractivity contribution < 1.29 is 13.7 Å². The van der Waals surface area contributed by atoms with E-state index in [2.05, 4.69) is 15.4 Å². The number of aryl methyl sites for hydroxylation is 1. The van der Waals surface area contributed by atoms with E-state index in [1.165, 1.54) is 18.1 Å². The van der Waals surface area contributed by atoms with Gasteiger partial charge in [0.15, 0.2) is 22.5 Å². The van der Waals surface area contributed by atoms with Gasteiger partial charge < -0.3 is 9.26 Å². The van der Waals surface area contributed by atoms with Gasteiger partial charge in [-0.15, -0.1) is 10.2 Å². The topological polar surface area (TPSA) is 66.0 Å². The predicted octanol–water partition coefficient (Wildman–Crippen LogP) is 5.14. The number of hydrogen-bond acceptors (Lipinski definition) is 6. The van der Waals surface area contributed by atoms with Crippen molar-refractivity contribution in [1.82, 2.24) is 19.9 Å². The Kier molecular flexibility index (Phi) is 5.71. The smallest absolute Gasteiger partial charge is 0.196 e. The van der Waals surface area contributed by atoms with Crippen LogP contribution < -0.4 is 4.74 Å². The Labute approximate surface area is 183 Å². The number of fused-ring (bicyclic) bond motifs is 1. The molecule has 0 radical (unpaired) electrons. The van der Waals surface area contributed by atoms with Crippen molar-refractivity contribution >= 4 is 11.8 Å². The summed E-state index contributed by atoms with van der Waals surface area (Å²) in [5.41, 5.74) is 3.14. The lowest BCUT2D eigenvalue weighted by atomic mass is 9.97. The molecule has 0 fully saturated rings. The van der Waals surface area contributed by atoms with Crippen molar-refractivity contribution in [2.45, 2.75) is 43.2 Å². The van der Waals surface area contributed by atoms with E-state index in [4.69, 9.17) is 9.26 Å². The van der Waals surface area contributed by atoms with Crippen LogP contribution in [0.2, 0.25) is 0 Å². The summed E-state index contributed by atoms with van der Waals surface area (Å²) >= 11 is 1.56. The van der Waals surface area contributed by atoms with Gasteiger partial charge in [-0.3, -0.25) is 4.57 Å². The predicted molar refractivity (Wildman–Crippen MR) is 115 cm³/mol.